The molecule has 1 fully saturated rings. The predicted molar refractivity (Wildman–Crippen MR) is 83.0 cm³/mol. The molecule has 0 saturated heterocycles. The van der Waals surface area contributed by atoms with E-state index in [4.69, 9.17) is 0 Å². The molecule has 3 nitrogen and oxygen atoms in total. The van der Waals surface area contributed by atoms with Gasteiger partial charge in [-0.05, 0) is 54.0 Å². The second-order valence-corrected chi connectivity index (χ2v) is 6.08. The van der Waals surface area contributed by atoms with Gasteiger partial charge in [-0.3, -0.25) is 0 Å². The number of aryl methyl sites for hydroxylation is 1. The van der Waals surface area contributed by atoms with Crippen molar-refractivity contribution >= 4 is 11.5 Å². The van der Waals surface area contributed by atoms with Crippen molar-refractivity contribution in [2.75, 3.05) is 0 Å². The molecule has 0 bridgehead atoms. The molecule has 2 aromatic heterocycles. The number of carboxylic acids is 1. The SMILES string of the molecule is Cc1cc2ccc([C@@H]3C[C@H]3c3ccccc3)cn2c1C(=O)[O-].[K+]. The minimum atomic E-state index is -1.12. The van der Waals surface area contributed by atoms with E-state index in [1.54, 1.807) is 4.40 Å². The minimum absolute atomic E-state index is 0. The zero-order chi connectivity index (χ0) is 15.3. The van der Waals surface area contributed by atoms with Crippen LogP contribution in [-0.2, 0) is 0 Å². The molecule has 0 aliphatic heterocycles. The molecule has 110 valence electrons. The summed E-state index contributed by atoms with van der Waals surface area (Å²) in [5.41, 5.74) is 4.45. The van der Waals surface area contributed by atoms with E-state index >= 15 is 0 Å². The first-order valence-electron chi connectivity index (χ1n) is 7.53. The molecule has 4 rings (SSSR count). The van der Waals surface area contributed by atoms with Gasteiger partial charge in [-0.2, -0.15) is 0 Å². The summed E-state index contributed by atoms with van der Waals surface area (Å²) in [5.74, 6) is -0.101. The summed E-state index contributed by atoms with van der Waals surface area (Å²) in [6, 6.07) is 16.5. The molecule has 1 aliphatic rings. The smallest absolute Gasteiger partial charge is 0.543 e. The zero-order valence-electron chi connectivity index (χ0n) is 13.3. The Kier molecular flexibility index (Phi) is 4.81. The van der Waals surface area contributed by atoms with Crippen LogP contribution in [0.15, 0.2) is 54.7 Å². The Morgan fingerprint density at radius 3 is 2.48 bits per heavy atom. The molecule has 1 aromatic carbocycles. The Labute approximate surface area is 177 Å². The molecular weight excluding hydrogens is 313 g/mol. The summed E-state index contributed by atoms with van der Waals surface area (Å²) in [7, 11) is 0. The molecule has 0 N–H and O–H groups in total. The van der Waals surface area contributed by atoms with E-state index in [-0.39, 0.29) is 57.1 Å². The Morgan fingerprint density at radius 1 is 1.09 bits per heavy atom. The number of rotatable bonds is 3. The molecule has 1 aliphatic carbocycles. The van der Waals surface area contributed by atoms with Gasteiger partial charge in [0.2, 0.25) is 0 Å². The van der Waals surface area contributed by atoms with Gasteiger partial charge in [0.05, 0.1) is 11.7 Å². The van der Waals surface area contributed by atoms with Gasteiger partial charge in [0, 0.05) is 11.7 Å². The van der Waals surface area contributed by atoms with Gasteiger partial charge >= 0.3 is 51.4 Å². The molecule has 0 spiro atoms. The van der Waals surface area contributed by atoms with E-state index < -0.39 is 5.97 Å². The fraction of sp³-hybridized carbons (Fsp3) is 0.211. The van der Waals surface area contributed by atoms with Crippen LogP contribution in [0.4, 0.5) is 0 Å². The summed E-state index contributed by atoms with van der Waals surface area (Å²) < 4.78 is 1.75. The molecule has 0 amide bonds. The Morgan fingerprint density at radius 2 is 1.78 bits per heavy atom. The standard InChI is InChI=1S/C19H17NO2.K/c1-12-9-15-8-7-14(11-20(15)18(12)19(21)22)17-10-16(17)13-5-3-2-4-6-13;/h2-9,11,16-17H,10H2,1H3,(H,21,22);/q;+1/p-1/t16-,17-;/m0./s1. The van der Waals surface area contributed by atoms with Crippen LogP contribution in [0.1, 0.15) is 45.4 Å². The number of aromatic carboxylic acids is 1. The van der Waals surface area contributed by atoms with Crippen LogP contribution in [0, 0.1) is 6.92 Å². The average molecular weight is 329 g/mol. The zero-order valence-corrected chi connectivity index (χ0v) is 16.4. The van der Waals surface area contributed by atoms with E-state index in [1.165, 1.54) is 11.1 Å². The fourth-order valence-electron chi connectivity index (χ4n) is 3.43. The van der Waals surface area contributed by atoms with Crippen LogP contribution in [-0.4, -0.2) is 10.4 Å². The number of carbonyl (C=O) groups excluding carboxylic acids is 1. The first-order valence-corrected chi connectivity index (χ1v) is 7.53. The molecule has 2 atom stereocenters. The Hall–Kier alpha value is -0.914. The summed E-state index contributed by atoms with van der Waals surface area (Å²) in [6.45, 7) is 1.81. The van der Waals surface area contributed by atoms with Crippen LogP contribution in [0.3, 0.4) is 0 Å². The van der Waals surface area contributed by atoms with Crippen molar-refractivity contribution in [2.24, 2.45) is 0 Å². The number of fused-ring (bicyclic) bond motifs is 1. The monoisotopic (exact) mass is 329 g/mol. The number of pyridine rings is 1. The molecule has 2 heterocycles. The minimum Gasteiger partial charge on any atom is -0.543 e. The maximum atomic E-state index is 11.3. The summed E-state index contributed by atoms with van der Waals surface area (Å²) in [6.07, 6.45) is 3.08. The van der Waals surface area contributed by atoms with Crippen molar-refractivity contribution in [3.05, 3.63) is 77.1 Å². The van der Waals surface area contributed by atoms with Crippen molar-refractivity contribution in [3.63, 3.8) is 0 Å². The number of hydrogen-bond donors (Lipinski definition) is 0. The second-order valence-electron chi connectivity index (χ2n) is 6.08. The normalized spacial score (nSPS) is 19.3. The Balaban J connectivity index is 0.00000156. The Bertz CT molecular complexity index is 870. The van der Waals surface area contributed by atoms with Crippen LogP contribution in [0.2, 0.25) is 0 Å². The molecular formula is C19H16KNO2. The third-order valence-corrected chi connectivity index (χ3v) is 4.62. The molecule has 0 unspecified atom stereocenters. The van der Waals surface area contributed by atoms with Crippen molar-refractivity contribution in [3.8, 4) is 0 Å². The van der Waals surface area contributed by atoms with Crippen LogP contribution >= 0.6 is 0 Å². The van der Waals surface area contributed by atoms with E-state index in [0.29, 0.717) is 11.8 Å². The third-order valence-electron chi connectivity index (χ3n) is 4.62. The van der Waals surface area contributed by atoms with Gasteiger partial charge < -0.3 is 14.3 Å². The summed E-state index contributed by atoms with van der Waals surface area (Å²) in [4.78, 5) is 11.3. The number of benzene rings is 1. The number of aromatic nitrogens is 1. The maximum Gasteiger partial charge on any atom is 1.00 e. The van der Waals surface area contributed by atoms with Crippen LogP contribution in [0.25, 0.3) is 5.52 Å². The quantitative estimate of drug-likeness (QED) is 0.629. The van der Waals surface area contributed by atoms with Gasteiger partial charge in [-0.25, -0.2) is 0 Å². The van der Waals surface area contributed by atoms with E-state index in [9.17, 15) is 9.90 Å². The van der Waals surface area contributed by atoms with Gasteiger partial charge in [0.25, 0.3) is 0 Å². The van der Waals surface area contributed by atoms with Gasteiger partial charge in [0.1, 0.15) is 0 Å². The number of nitrogens with zero attached hydrogens (tertiary/aromatic N) is 1. The largest absolute Gasteiger partial charge is 1.00 e. The average Bonchev–Trinajstić information content (AvgIpc) is 3.23. The number of hydrogen-bond acceptors (Lipinski definition) is 2. The molecule has 3 aromatic rings. The molecule has 1 saturated carbocycles. The number of carbonyl (C=O) groups is 1. The number of carboxylic acid groups (broad SMARTS) is 1. The van der Waals surface area contributed by atoms with Crippen molar-refractivity contribution in [2.45, 2.75) is 25.2 Å². The predicted octanol–water partition coefficient (Wildman–Crippen LogP) is -0.114. The van der Waals surface area contributed by atoms with Crippen LogP contribution in [0.5, 0.6) is 0 Å². The molecule has 23 heavy (non-hydrogen) atoms. The van der Waals surface area contributed by atoms with Crippen LogP contribution < -0.4 is 56.5 Å². The summed E-state index contributed by atoms with van der Waals surface area (Å²) in [5, 5.41) is 11.3. The van der Waals surface area contributed by atoms with E-state index in [2.05, 4.69) is 30.3 Å². The van der Waals surface area contributed by atoms with Gasteiger partial charge in [-0.15, -0.1) is 0 Å². The van der Waals surface area contributed by atoms with Crippen molar-refractivity contribution in [1.82, 2.24) is 4.40 Å². The first kappa shape index (κ1) is 16.9. The summed E-state index contributed by atoms with van der Waals surface area (Å²) >= 11 is 0. The van der Waals surface area contributed by atoms with E-state index in [0.717, 1.165) is 17.5 Å². The van der Waals surface area contributed by atoms with E-state index in [1.807, 2.05) is 31.3 Å². The molecule has 4 heteroatoms. The third kappa shape index (κ3) is 3.06. The van der Waals surface area contributed by atoms with Crippen molar-refractivity contribution in [1.29, 1.82) is 0 Å². The maximum absolute atomic E-state index is 11.3. The second kappa shape index (κ2) is 6.53. The topological polar surface area (TPSA) is 44.5 Å². The fourth-order valence-corrected chi connectivity index (χ4v) is 3.43. The molecule has 0 radical (unpaired) electrons. The van der Waals surface area contributed by atoms with Crippen molar-refractivity contribution < 1.29 is 61.3 Å². The first-order chi connectivity index (χ1) is 10.6. The van der Waals surface area contributed by atoms with Gasteiger partial charge in [-0.1, -0.05) is 36.4 Å². The van der Waals surface area contributed by atoms with Gasteiger partial charge in [0.15, 0.2) is 0 Å².